The molecule has 0 aromatic heterocycles. The lowest BCUT2D eigenvalue weighted by Gasteiger charge is -2.25. The molecule has 0 bridgehead atoms. The second-order valence-electron chi connectivity index (χ2n) is 2.60. The van der Waals surface area contributed by atoms with Crippen LogP contribution >= 0.6 is 15.9 Å². The van der Waals surface area contributed by atoms with Gasteiger partial charge in [0, 0.05) is 0 Å². The van der Waals surface area contributed by atoms with E-state index in [1.165, 1.54) is 6.07 Å². The first-order valence-electron chi connectivity index (χ1n) is 3.57. The number of halogens is 3. The van der Waals surface area contributed by atoms with E-state index in [0.29, 0.717) is 10.2 Å². The lowest BCUT2D eigenvalue weighted by molar-refractivity contribution is -0.209. The quantitative estimate of drug-likeness (QED) is 0.705. The van der Waals surface area contributed by atoms with Crippen molar-refractivity contribution in [3.63, 3.8) is 0 Å². The molecule has 1 aliphatic rings. The monoisotopic (exact) mass is 250 g/mol. The first kappa shape index (κ1) is 8.74. The Hall–Kier alpha value is -0.840. The van der Waals surface area contributed by atoms with Gasteiger partial charge in [0.15, 0.2) is 18.1 Å². The van der Waals surface area contributed by atoms with E-state index < -0.39 is 12.7 Å². The Morgan fingerprint density at radius 2 is 2.15 bits per heavy atom. The van der Waals surface area contributed by atoms with E-state index in [1.54, 1.807) is 12.1 Å². The summed E-state index contributed by atoms with van der Waals surface area (Å²) in [4.78, 5) is 0. The molecule has 5 heteroatoms. The predicted octanol–water partition coefficient (Wildman–Crippen LogP) is 2.81. The summed E-state index contributed by atoms with van der Waals surface area (Å²) >= 11 is 3.17. The molecule has 0 radical (unpaired) electrons. The van der Waals surface area contributed by atoms with Gasteiger partial charge in [-0.05, 0) is 28.1 Å². The first-order valence-corrected chi connectivity index (χ1v) is 4.36. The molecule has 2 rings (SSSR count). The van der Waals surface area contributed by atoms with Gasteiger partial charge in [0.25, 0.3) is 0 Å². The third-order valence-electron chi connectivity index (χ3n) is 1.57. The van der Waals surface area contributed by atoms with Gasteiger partial charge in [-0.15, -0.1) is 0 Å². The van der Waals surface area contributed by atoms with Gasteiger partial charge in [-0.1, -0.05) is 6.07 Å². The Bertz CT molecular complexity index is 341. The zero-order valence-corrected chi connectivity index (χ0v) is 7.98. The molecule has 0 unspecified atom stereocenters. The lowest BCUT2D eigenvalue weighted by atomic mass is 10.3. The second kappa shape index (κ2) is 2.83. The highest BCUT2D eigenvalue weighted by Crippen LogP contribution is 2.41. The fraction of sp³-hybridized carbons (Fsp3) is 0.250. The van der Waals surface area contributed by atoms with Crippen molar-refractivity contribution in [2.75, 3.05) is 6.61 Å². The van der Waals surface area contributed by atoms with Crippen LogP contribution in [0.4, 0.5) is 8.78 Å². The average molecular weight is 251 g/mol. The van der Waals surface area contributed by atoms with Gasteiger partial charge in [-0.25, -0.2) is 0 Å². The third-order valence-corrected chi connectivity index (χ3v) is 2.20. The Kier molecular flexibility index (Phi) is 1.91. The molecule has 1 aliphatic heterocycles. The van der Waals surface area contributed by atoms with E-state index in [1.807, 2.05) is 0 Å². The van der Waals surface area contributed by atoms with Crippen LogP contribution in [0.15, 0.2) is 22.7 Å². The minimum absolute atomic E-state index is 0.0608. The number of hydrogen-bond acceptors (Lipinski definition) is 2. The van der Waals surface area contributed by atoms with Crippen LogP contribution in [0.3, 0.4) is 0 Å². The topological polar surface area (TPSA) is 18.5 Å². The Balaban J connectivity index is 2.42. The van der Waals surface area contributed by atoms with Gasteiger partial charge in [0.05, 0.1) is 4.47 Å². The summed E-state index contributed by atoms with van der Waals surface area (Å²) in [6, 6.07) is 4.74. The van der Waals surface area contributed by atoms with E-state index in [9.17, 15) is 8.78 Å². The first-order chi connectivity index (χ1) is 6.08. The second-order valence-corrected chi connectivity index (χ2v) is 3.45. The standard InChI is InChI=1S/C8H5BrF2O2/c9-5-2-1-3-6-7(5)12-4-8(10,11)13-6/h1-3H,4H2. The van der Waals surface area contributed by atoms with Gasteiger partial charge in [0.2, 0.25) is 0 Å². The van der Waals surface area contributed by atoms with E-state index in [2.05, 4.69) is 20.7 Å². The molecule has 0 saturated carbocycles. The molecular weight excluding hydrogens is 246 g/mol. The molecule has 0 aliphatic carbocycles. The van der Waals surface area contributed by atoms with Crippen LogP contribution in [0.2, 0.25) is 0 Å². The van der Waals surface area contributed by atoms with Gasteiger partial charge >= 0.3 is 6.11 Å². The molecule has 1 aromatic rings. The molecule has 1 aromatic carbocycles. The van der Waals surface area contributed by atoms with Crippen molar-refractivity contribution in [2.24, 2.45) is 0 Å². The SMILES string of the molecule is FC1(F)COc2c(Br)cccc2O1. The van der Waals surface area contributed by atoms with Crippen LogP contribution in [-0.2, 0) is 0 Å². The maximum atomic E-state index is 12.7. The molecule has 0 N–H and O–H groups in total. The number of rotatable bonds is 0. The molecule has 1 heterocycles. The molecule has 70 valence electrons. The zero-order valence-electron chi connectivity index (χ0n) is 6.39. The van der Waals surface area contributed by atoms with E-state index >= 15 is 0 Å². The Morgan fingerprint density at radius 1 is 1.38 bits per heavy atom. The summed E-state index contributed by atoms with van der Waals surface area (Å²) in [7, 11) is 0. The van der Waals surface area contributed by atoms with Crippen molar-refractivity contribution in [1.82, 2.24) is 0 Å². The molecular formula is C8H5BrF2O2. The Morgan fingerprint density at radius 3 is 2.92 bits per heavy atom. The number of alkyl halides is 2. The van der Waals surface area contributed by atoms with E-state index in [4.69, 9.17) is 4.74 Å². The van der Waals surface area contributed by atoms with Gasteiger partial charge in [0.1, 0.15) is 0 Å². The van der Waals surface area contributed by atoms with Crippen LogP contribution < -0.4 is 9.47 Å². The summed E-state index contributed by atoms with van der Waals surface area (Å²) in [5.74, 6) is 0.388. The average Bonchev–Trinajstić information content (AvgIpc) is 2.02. The zero-order chi connectivity index (χ0) is 9.47. The third kappa shape index (κ3) is 1.60. The molecule has 13 heavy (non-hydrogen) atoms. The number of benzene rings is 1. The van der Waals surface area contributed by atoms with Crippen molar-refractivity contribution >= 4 is 15.9 Å². The number of ether oxygens (including phenoxy) is 2. The molecule has 0 amide bonds. The molecule has 0 atom stereocenters. The fourth-order valence-corrected chi connectivity index (χ4v) is 1.52. The van der Waals surface area contributed by atoms with Crippen LogP contribution in [0, 0.1) is 0 Å². The lowest BCUT2D eigenvalue weighted by Crippen LogP contribution is -2.36. The molecule has 0 saturated heterocycles. The van der Waals surface area contributed by atoms with Gasteiger partial charge in [-0.3, -0.25) is 0 Å². The summed E-state index contributed by atoms with van der Waals surface area (Å²) < 4.78 is 35.2. The van der Waals surface area contributed by atoms with Gasteiger partial charge in [-0.2, -0.15) is 8.78 Å². The normalized spacial score (nSPS) is 18.4. The van der Waals surface area contributed by atoms with E-state index in [0.717, 1.165) is 0 Å². The molecule has 2 nitrogen and oxygen atoms in total. The minimum atomic E-state index is -3.23. The molecule has 0 fully saturated rings. The summed E-state index contributed by atoms with van der Waals surface area (Å²) in [6.45, 7) is -0.747. The molecule has 0 spiro atoms. The summed E-state index contributed by atoms with van der Waals surface area (Å²) in [5.41, 5.74) is 0. The van der Waals surface area contributed by atoms with Crippen LogP contribution in [-0.4, -0.2) is 12.7 Å². The number of hydrogen-bond donors (Lipinski definition) is 0. The predicted molar refractivity (Wildman–Crippen MR) is 45.2 cm³/mol. The highest BCUT2D eigenvalue weighted by atomic mass is 79.9. The van der Waals surface area contributed by atoms with Crippen molar-refractivity contribution < 1.29 is 18.3 Å². The van der Waals surface area contributed by atoms with Crippen molar-refractivity contribution in [3.8, 4) is 11.5 Å². The van der Waals surface area contributed by atoms with Crippen molar-refractivity contribution in [2.45, 2.75) is 6.11 Å². The van der Waals surface area contributed by atoms with Crippen LogP contribution in [0.5, 0.6) is 11.5 Å². The largest absolute Gasteiger partial charge is 0.478 e. The summed E-state index contributed by atoms with van der Waals surface area (Å²) in [6.07, 6.45) is -3.23. The Labute approximate surface area is 81.6 Å². The summed E-state index contributed by atoms with van der Waals surface area (Å²) in [5, 5.41) is 0. The maximum absolute atomic E-state index is 12.7. The van der Waals surface area contributed by atoms with Crippen molar-refractivity contribution in [3.05, 3.63) is 22.7 Å². The van der Waals surface area contributed by atoms with E-state index in [-0.39, 0.29) is 5.75 Å². The van der Waals surface area contributed by atoms with Crippen molar-refractivity contribution in [1.29, 1.82) is 0 Å². The smallest absolute Gasteiger partial charge is 0.433 e. The van der Waals surface area contributed by atoms with Gasteiger partial charge < -0.3 is 9.47 Å². The number of fused-ring (bicyclic) bond motifs is 1. The van der Waals surface area contributed by atoms with Crippen LogP contribution in [0.25, 0.3) is 0 Å². The fourth-order valence-electron chi connectivity index (χ4n) is 1.06. The highest BCUT2D eigenvalue weighted by molar-refractivity contribution is 9.10. The number of para-hydroxylation sites is 1. The van der Waals surface area contributed by atoms with Crippen LogP contribution in [0.1, 0.15) is 0 Å². The maximum Gasteiger partial charge on any atom is 0.433 e. The highest BCUT2D eigenvalue weighted by Gasteiger charge is 2.38. The minimum Gasteiger partial charge on any atom is -0.478 e.